The number of amides is 1. The van der Waals surface area contributed by atoms with Gasteiger partial charge < -0.3 is 15.4 Å². The molecule has 0 radical (unpaired) electrons. The number of fused-ring (bicyclic) bond motifs is 1. The van der Waals surface area contributed by atoms with Gasteiger partial charge in [0, 0.05) is 36.6 Å². The average molecular weight is 393 g/mol. The van der Waals surface area contributed by atoms with Crippen molar-refractivity contribution in [2.45, 2.75) is 25.3 Å². The molecule has 0 spiro atoms. The first-order valence-corrected chi connectivity index (χ1v) is 10.6. The number of nitrogens with one attached hydrogen (secondary N) is 2. The Labute approximate surface area is 157 Å². The van der Waals surface area contributed by atoms with Crippen molar-refractivity contribution in [2.24, 2.45) is 5.92 Å². The lowest BCUT2D eigenvalue weighted by molar-refractivity contribution is -0.142. The van der Waals surface area contributed by atoms with Gasteiger partial charge in [-0.15, -0.1) is 0 Å². The largest absolute Gasteiger partial charge is 0.480 e. The molecule has 1 aliphatic rings. The fourth-order valence-electron chi connectivity index (χ4n) is 3.47. The van der Waals surface area contributed by atoms with E-state index in [-0.39, 0.29) is 13.0 Å². The number of aliphatic carboxylic acids is 1. The number of nitrogens with zero attached hydrogens (tertiary/aromatic N) is 1. The molecule has 1 saturated heterocycles. The van der Waals surface area contributed by atoms with Gasteiger partial charge in [-0.3, -0.25) is 4.79 Å². The molecule has 2 heterocycles. The van der Waals surface area contributed by atoms with Gasteiger partial charge in [-0.1, -0.05) is 18.2 Å². The zero-order valence-electron chi connectivity index (χ0n) is 15.0. The molecule has 0 unspecified atom stereocenters. The van der Waals surface area contributed by atoms with Crippen molar-refractivity contribution in [3.8, 4) is 0 Å². The Morgan fingerprint density at radius 1 is 1.37 bits per heavy atom. The maximum Gasteiger partial charge on any atom is 0.326 e. The number of aromatic nitrogens is 1. The van der Waals surface area contributed by atoms with Gasteiger partial charge in [0.2, 0.25) is 15.9 Å². The molecule has 3 rings (SSSR count). The summed E-state index contributed by atoms with van der Waals surface area (Å²) >= 11 is 0. The maximum atomic E-state index is 12.6. The number of carboxylic acids is 1. The molecule has 3 N–H and O–H groups in total. The smallest absolute Gasteiger partial charge is 0.326 e. The second-order valence-electron chi connectivity index (χ2n) is 6.92. The number of benzene rings is 1. The topological polar surface area (TPSA) is 120 Å². The van der Waals surface area contributed by atoms with Crippen molar-refractivity contribution in [3.63, 3.8) is 0 Å². The first-order chi connectivity index (χ1) is 12.8. The zero-order valence-corrected chi connectivity index (χ0v) is 15.8. The first kappa shape index (κ1) is 19.4. The van der Waals surface area contributed by atoms with E-state index in [4.69, 9.17) is 0 Å². The Balaban J connectivity index is 1.71. The number of hydrogen-bond acceptors (Lipinski definition) is 4. The molecule has 1 aliphatic heterocycles. The van der Waals surface area contributed by atoms with E-state index < -0.39 is 33.9 Å². The minimum Gasteiger partial charge on any atom is -0.480 e. The summed E-state index contributed by atoms with van der Waals surface area (Å²) in [4.78, 5) is 27.3. The number of carbonyl (C=O) groups excluding carboxylic acids is 1. The first-order valence-electron chi connectivity index (χ1n) is 8.79. The van der Waals surface area contributed by atoms with E-state index in [1.807, 2.05) is 24.3 Å². The molecule has 1 amide bonds. The van der Waals surface area contributed by atoms with E-state index in [9.17, 15) is 23.1 Å². The van der Waals surface area contributed by atoms with Crippen LogP contribution in [0.3, 0.4) is 0 Å². The third-order valence-electron chi connectivity index (χ3n) is 4.94. The summed E-state index contributed by atoms with van der Waals surface area (Å²) in [7, 11) is -3.37. The average Bonchev–Trinajstić information content (AvgIpc) is 3.03. The van der Waals surface area contributed by atoms with Gasteiger partial charge >= 0.3 is 5.97 Å². The lowest BCUT2D eigenvalue weighted by Crippen LogP contribution is -2.49. The lowest BCUT2D eigenvalue weighted by atomic mass is 9.97. The number of carboxylic acid groups (broad SMARTS) is 1. The molecule has 1 aromatic carbocycles. The van der Waals surface area contributed by atoms with Crippen LogP contribution in [0.5, 0.6) is 0 Å². The van der Waals surface area contributed by atoms with Crippen molar-refractivity contribution >= 4 is 32.8 Å². The van der Waals surface area contributed by atoms with Crippen molar-refractivity contribution in [3.05, 3.63) is 36.0 Å². The van der Waals surface area contributed by atoms with Gasteiger partial charge in [0.15, 0.2) is 0 Å². The highest BCUT2D eigenvalue weighted by molar-refractivity contribution is 7.88. The summed E-state index contributed by atoms with van der Waals surface area (Å²) in [5.41, 5.74) is 1.71. The maximum absolute atomic E-state index is 12.6. The SMILES string of the molecule is CS(=O)(=O)N1CCC[C@H](C(=O)N[C@@H](Cc2c[nH]c3ccccc23)C(=O)O)C1. The third kappa shape index (κ3) is 4.48. The highest BCUT2D eigenvalue weighted by Crippen LogP contribution is 2.21. The summed E-state index contributed by atoms with van der Waals surface area (Å²) in [6, 6.07) is 6.47. The highest BCUT2D eigenvalue weighted by atomic mass is 32.2. The second-order valence-corrected chi connectivity index (χ2v) is 8.91. The Morgan fingerprint density at radius 3 is 2.81 bits per heavy atom. The molecular weight excluding hydrogens is 370 g/mol. The predicted octanol–water partition coefficient (Wildman–Crippen LogP) is 0.951. The van der Waals surface area contributed by atoms with Gasteiger partial charge in [0.05, 0.1) is 12.2 Å². The summed E-state index contributed by atoms with van der Waals surface area (Å²) in [6.45, 7) is 0.477. The molecule has 0 bridgehead atoms. The van der Waals surface area contributed by atoms with Crippen LogP contribution in [0.1, 0.15) is 18.4 Å². The number of H-pyrrole nitrogens is 1. The summed E-state index contributed by atoms with van der Waals surface area (Å²) in [6.07, 6.45) is 4.12. The molecule has 8 nitrogen and oxygen atoms in total. The fraction of sp³-hybridized carbons (Fsp3) is 0.444. The Kier molecular flexibility index (Phi) is 5.52. The Bertz CT molecular complexity index is 953. The lowest BCUT2D eigenvalue weighted by Gasteiger charge is -2.30. The van der Waals surface area contributed by atoms with E-state index in [0.717, 1.165) is 22.7 Å². The molecule has 2 aromatic rings. The van der Waals surface area contributed by atoms with Crippen LogP contribution in [-0.2, 0) is 26.0 Å². The number of aromatic amines is 1. The van der Waals surface area contributed by atoms with Gasteiger partial charge in [-0.2, -0.15) is 0 Å². The van der Waals surface area contributed by atoms with Crippen LogP contribution in [0, 0.1) is 5.92 Å². The van der Waals surface area contributed by atoms with Gasteiger partial charge in [0.1, 0.15) is 6.04 Å². The predicted molar refractivity (Wildman–Crippen MR) is 101 cm³/mol. The number of para-hydroxylation sites is 1. The minimum absolute atomic E-state index is 0.0874. The number of hydrogen-bond donors (Lipinski definition) is 3. The second kappa shape index (κ2) is 7.69. The van der Waals surface area contributed by atoms with Crippen molar-refractivity contribution in [1.82, 2.24) is 14.6 Å². The Hall–Kier alpha value is -2.39. The molecule has 9 heteroatoms. The number of carbonyl (C=O) groups is 2. The van der Waals surface area contributed by atoms with Crippen LogP contribution in [0.4, 0.5) is 0 Å². The molecule has 27 heavy (non-hydrogen) atoms. The minimum atomic E-state index is -3.37. The van der Waals surface area contributed by atoms with E-state index in [2.05, 4.69) is 10.3 Å². The zero-order chi connectivity index (χ0) is 19.6. The molecular formula is C18H23N3O5S. The standard InChI is InChI=1S/C18H23N3O5S/c1-27(25,26)21-8-4-5-12(11-21)17(22)20-16(18(23)24)9-13-10-19-15-7-3-2-6-14(13)15/h2-3,6-7,10,12,16,19H,4-5,8-9,11H2,1H3,(H,20,22)(H,23,24)/t12-,16-/m0/s1. The van der Waals surface area contributed by atoms with Crippen LogP contribution in [-0.4, -0.2) is 60.1 Å². The van der Waals surface area contributed by atoms with Crippen LogP contribution < -0.4 is 5.32 Å². The molecule has 2 atom stereocenters. The highest BCUT2D eigenvalue weighted by Gasteiger charge is 2.32. The number of piperidine rings is 1. The quantitative estimate of drug-likeness (QED) is 0.675. The molecule has 0 aliphatic carbocycles. The monoisotopic (exact) mass is 393 g/mol. The van der Waals surface area contributed by atoms with Crippen molar-refractivity contribution in [1.29, 1.82) is 0 Å². The fourth-order valence-corrected chi connectivity index (χ4v) is 4.38. The van der Waals surface area contributed by atoms with Crippen LogP contribution in [0.15, 0.2) is 30.5 Å². The van der Waals surface area contributed by atoms with Crippen LogP contribution >= 0.6 is 0 Å². The van der Waals surface area contributed by atoms with Crippen LogP contribution in [0.2, 0.25) is 0 Å². The van der Waals surface area contributed by atoms with Gasteiger partial charge in [0.25, 0.3) is 0 Å². The van der Waals surface area contributed by atoms with Gasteiger partial charge in [-0.05, 0) is 24.5 Å². The third-order valence-corrected chi connectivity index (χ3v) is 6.21. The normalized spacial score (nSPS) is 19.7. The summed E-state index contributed by atoms with van der Waals surface area (Å²) in [5, 5.41) is 13.0. The van der Waals surface area contributed by atoms with Crippen molar-refractivity contribution in [2.75, 3.05) is 19.3 Å². The van der Waals surface area contributed by atoms with E-state index in [1.165, 1.54) is 4.31 Å². The Morgan fingerprint density at radius 2 is 2.11 bits per heavy atom. The van der Waals surface area contributed by atoms with Crippen molar-refractivity contribution < 1.29 is 23.1 Å². The number of sulfonamides is 1. The van der Waals surface area contributed by atoms with E-state index >= 15 is 0 Å². The number of rotatable bonds is 6. The molecule has 146 valence electrons. The van der Waals surface area contributed by atoms with Gasteiger partial charge in [-0.25, -0.2) is 17.5 Å². The molecule has 1 fully saturated rings. The summed E-state index contributed by atoms with van der Waals surface area (Å²) in [5.74, 6) is -2.08. The van der Waals surface area contributed by atoms with E-state index in [1.54, 1.807) is 6.20 Å². The molecule has 0 saturated carbocycles. The van der Waals surface area contributed by atoms with E-state index in [0.29, 0.717) is 19.4 Å². The summed E-state index contributed by atoms with van der Waals surface area (Å²) < 4.78 is 24.7. The van der Waals surface area contributed by atoms with Crippen LogP contribution in [0.25, 0.3) is 10.9 Å². The molecule has 1 aromatic heterocycles.